The zero-order chi connectivity index (χ0) is 15.2. The van der Waals surface area contributed by atoms with E-state index in [0.717, 1.165) is 25.8 Å². The Morgan fingerprint density at radius 3 is 2.65 bits per heavy atom. The fourth-order valence-electron chi connectivity index (χ4n) is 2.31. The molecule has 0 aromatic carbocycles. The van der Waals surface area contributed by atoms with Gasteiger partial charge >= 0.3 is 7.82 Å². The van der Waals surface area contributed by atoms with Crippen LogP contribution in [0.2, 0.25) is 0 Å². The topological polar surface area (TPSA) is 135 Å². The maximum atomic E-state index is 12.0. The molecule has 9 heteroatoms. The van der Waals surface area contributed by atoms with E-state index in [2.05, 4.69) is 10.3 Å². The summed E-state index contributed by atoms with van der Waals surface area (Å²) in [6.45, 7) is 0.782. The number of aliphatic hydroxyl groups excluding tert-OH is 1. The molecule has 1 heterocycles. The number of carbonyl (C=O) groups is 1. The number of carbonyl (C=O) groups excluding carboxylic acids is 1. The number of phosphoric ester groups is 1. The number of unbranched alkanes of at least 4 members (excludes halogenated alkanes) is 2. The van der Waals surface area contributed by atoms with Crippen LogP contribution < -0.4 is 5.73 Å². The van der Waals surface area contributed by atoms with Crippen molar-refractivity contribution in [3.8, 4) is 0 Å². The van der Waals surface area contributed by atoms with Crippen molar-refractivity contribution in [1.82, 2.24) is 4.90 Å². The van der Waals surface area contributed by atoms with Crippen LogP contribution in [0.4, 0.5) is 0 Å². The lowest BCUT2D eigenvalue weighted by Crippen LogP contribution is -2.50. The molecule has 6 N–H and O–H groups in total. The summed E-state index contributed by atoms with van der Waals surface area (Å²) >= 11 is 0. The van der Waals surface area contributed by atoms with Crippen LogP contribution in [-0.4, -0.2) is 57.5 Å². The molecule has 0 saturated carbocycles. The van der Waals surface area contributed by atoms with Gasteiger partial charge in [-0.15, -0.1) is 0 Å². The number of rotatable bonds is 8. The van der Waals surface area contributed by atoms with Gasteiger partial charge in [0.15, 0.2) is 0 Å². The van der Waals surface area contributed by atoms with E-state index in [9.17, 15) is 14.5 Å². The van der Waals surface area contributed by atoms with Crippen LogP contribution in [0.15, 0.2) is 0 Å². The van der Waals surface area contributed by atoms with Gasteiger partial charge in [0.2, 0.25) is 5.91 Å². The van der Waals surface area contributed by atoms with Crippen LogP contribution in [0, 0.1) is 0 Å². The van der Waals surface area contributed by atoms with Gasteiger partial charge in [0.05, 0.1) is 25.3 Å². The standard InChI is InChI=1S/C11H23N2O6P/c12-5-3-1-2-4-11(15)13-7-10(14)6-9(13)8-19-20(16,17)18/h9-10,14H,1-8,12H2,(H2,16,17,18)/p+1. The highest BCUT2D eigenvalue weighted by atomic mass is 31.2. The van der Waals surface area contributed by atoms with Crippen molar-refractivity contribution >= 4 is 13.7 Å². The summed E-state index contributed by atoms with van der Waals surface area (Å²) in [5, 5.41) is 9.61. The second kappa shape index (κ2) is 8.07. The number of hydrogen-bond acceptors (Lipinski definition) is 4. The summed E-state index contributed by atoms with van der Waals surface area (Å²) in [4.78, 5) is 30.9. The van der Waals surface area contributed by atoms with Gasteiger partial charge in [0.25, 0.3) is 0 Å². The molecule has 1 rings (SSSR count). The van der Waals surface area contributed by atoms with Gasteiger partial charge in [-0.1, -0.05) is 0 Å². The lowest BCUT2D eigenvalue weighted by Gasteiger charge is -2.24. The highest BCUT2D eigenvalue weighted by molar-refractivity contribution is 7.46. The summed E-state index contributed by atoms with van der Waals surface area (Å²) in [7, 11) is -4.55. The summed E-state index contributed by atoms with van der Waals surface area (Å²) in [5.41, 5.74) is 3.73. The van der Waals surface area contributed by atoms with Gasteiger partial charge < -0.3 is 25.5 Å². The number of phosphoric acid groups is 1. The molecule has 20 heavy (non-hydrogen) atoms. The zero-order valence-corrected chi connectivity index (χ0v) is 12.4. The minimum Gasteiger partial charge on any atom is -0.391 e. The van der Waals surface area contributed by atoms with Crippen LogP contribution in [0.3, 0.4) is 0 Å². The molecule has 8 nitrogen and oxygen atoms in total. The van der Waals surface area contributed by atoms with Gasteiger partial charge in [-0.2, -0.15) is 0 Å². The molecule has 2 atom stereocenters. The summed E-state index contributed by atoms with van der Waals surface area (Å²) in [5.74, 6) is -0.107. The fourth-order valence-corrected chi connectivity index (χ4v) is 2.68. The molecule has 1 saturated heterocycles. The Labute approximate surface area is 118 Å². The second-order valence-corrected chi connectivity index (χ2v) is 6.28. The van der Waals surface area contributed by atoms with Crippen LogP contribution in [0.1, 0.15) is 32.1 Å². The predicted octanol–water partition coefficient (Wildman–Crippen LogP) is -1.14. The number of likely N-dealkylation sites (tertiary alicyclic amines) is 1. The number of amides is 1. The molecule has 0 aromatic heterocycles. The van der Waals surface area contributed by atoms with Crippen LogP contribution in [0.25, 0.3) is 0 Å². The Morgan fingerprint density at radius 2 is 2.05 bits per heavy atom. The SMILES string of the molecule is [NH3+]CCCCCC(=O)N1CC(O)CC1COP(=O)(O)O. The Bertz CT molecular complexity index is 361. The third-order valence-corrected chi connectivity index (χ3v) is 3.77. The predicted molar refractivity (Wildman–Crippen MR) is 70.3 cm³/mol. The van der Waals surface area contributed by atoms with E-state index in [1.807, 2.05) is 0 Å². The van der Waals surface area contributed by atoms with Gasteiger partial charge in [0, 0.05) is 13.0 Å². The highest BCUT2D eigenvalue weighted by Crippen LogP contribution is 2.37. The normalized spacial score (nSPS) is 23.3. The summed E-state index contributed by atoms with van der Waals surface area (Å²) in [6.07, 6.45) is 2.65. The molecule has 0 spiro atoms. The minimum atomic E-state index is -4.55. The van der Waals surface area contributed by atoms with Crippen molar-refractivity contribution in [3.05, 3.63) is 0 Å². The van der Waals surface area contributed by atoms with Gasteiger partial charge in [-0.25, -0.2) is 4.57 Å². The van der Waals surface area contributed by atoms with Crippen LogP contribution in [-0.2, 0) is 13.9 Å². The maximum absolute atomic E-state index is 12.0. The first-order chi connectivity index (χ1) is 9.33. The maximum Gasteiger partial charge on any atom is 0.469 e. The average molecular weight is 311 g/mol. The van der Waals surface area contributed by atoms with E-state index < -0.39 is 20.0 Å². The summed E-state index contributed by atoms with van der Waals surface area (Å²) in [6, 6.07) is -0.474. The first-order valence-electron chi connectivity index (χ1n) is 6.80. The first-order valence-corrected chi connectivity index (χ1v) is 8.33. The van der Waals surface area contributed by atoms with E-state index in [1.54, 1.807) is 0 Å². The molecule has 1 aliphatic heterocycles. The molecule has 118 valence electrons. The molecule has 0 radical (unpaired) electrons. The van der Waals surface area contributed by atoms with Crippen molar-refractivity contribution in [2.45, 2.75) is 44.2 Å². The van der Waals surface area contributed by atoms with Crippen molar-refractivity contribution < 1.29 is 34.5 Å². The first kappa shape index (κ1) is 17.6. The lowest BCUT2D eigenvalue weighted by atomic mass is 10.1. The molecule has 0 aliphatic carbocycles. The number of hydrogen-bond donors (Lipinski definition) is 4. The minimum absolute atomic E-state index is 0.107. The number of nitrogens with zero attached hydrogens (tertiary/aromatic N) is 1. The molecule has 1 aliphatic rings. The van der Waals surface area contributed by atoms with E-state index in [0.29, 0.717) is 6.42 Å². The fraction of sp³-hybridized carbons (Fsp3) is 0.909. The quantitative estimate of drug-likeness (QED) is 0.330. The Hall–Kier alpha value is -0.500. The monoisotopic (exact) mass is 311 g/mol. The zero-order valence-electron chi connectivity index (χ0n) is 11.5. The smallest absolute Gasteiger partial charge is 0.391 e. The summed E-state index contributed by atoms with van der Waals surface area (Å²) < 4.78 is 15.1. The third kappa shape index (κ3) is 6.30. The van der Waals surface area contributed by atoms with Gasteiger partial charge in [0.1, 0.15) is 0 Å². The Balaban J connectivity index is 2.44. The van der Waals surface area contributed by atoms with Crippen molar-refractivity contribution in [1.29, 1.82) is 0 Å². The Morgan fingerprint density at radius 1 is 1.35 bits per heavy atom. The van der Waals surface area contributed by atoms with E-state index in [4.69, 9.17) is 9.79 Å². The number of β-amino-alcohol motifs (C(OH)–C–C–N with tert-alkyl or cyclic N) is 1. The van der Waals surface area contributed by atoms with Gasteiger partial charge in [-0.05, 0) is 25.7 Å². The van der Waals surface area contributed by atoms with Crippen molar-refractivity contribution in [3.63, 3.8) is 0 Å². The van der Waals surface area contributed by atoms with Crippen LogP contribution in [0.5, 0.6) is 0 Å². The molecule has 0 aromatic rings. The van der Waals surface area contributed by atoms with Crippen molar-refractivity contribution in [2.24, 2.45) is 0 Å². The van der Waals surface area contributed by atoms with E-state index in [1.165, 1.54) is 4.90 Å². The Kier molecular flexibility index (Phi) is 7.08. The van der Waals surface area contributed by atoms with Crippen molar-refractivity contribution in [2.75, 3.05) is 19.7 Å². The van der Waals surface area contributed by atoms with E-state index >= 15 is 0 Å². The highest BCUT2D eigenvalue weighted by Gasteiger charge is 2.35. The largest absolute Gasteiger partial charge is 0.469 e. The average Bonchev–Trinajstić information content (AvgIpc) is 2.72. The third-order valence-electron chi connectivity index (χ3n) is 3.29. The molecule has 2 unspecified atom stereocenters. The lowest BCUT2D eigenvalue weighted by molar-refractivity contribution is -0.368. The number of quaternary nitrogens is 1. The molecule has 0 bridgehead atoms. The molecular formula is C11H24N2O6P+. The van der Waals surface area contributed by atoms with E-state index in [-0.39, 0.29) is 25.5 Å². The number of aliphatic hydroxyl groups is 1. The molecular weight excluding hydrogens is 287 g/mol. The second-order valence-electron chi connectivity index (χ2n) is 5.04. The van der Waals surface area contributed by atoms with Gasteiger partial charge in [-0.3, -0.25) is 9.32 Å². The molecule has 1 amide bonds. The molecule has 1 fully saturated rings. The van der Waals surface area contributed by atoms with Crippen LogP contribution >= 0.6 is 7.82 Å².